The quantitative estimate of drug-likeness (QED) is 0.440. The van der Waals surface area contributed by atoms with Crippen LogP contribution in [0.1, 0.15) is 31.4 Å². The highest BCUT2D eigenvalue weighted by Gasteiger charge is 2.34. The minimum absolute atomic E-state index is 0.0150. The van der Waals surface area contributed by atoms with Crippen LogP contribution in [0.3, 0.4) is 0 Å². The molecule has 10 heteroatoms. The van der Waals surface area contributed by atoms with Gasteiger partial charge in [0, 0.05) is 23.2 Å². The Kier molecular flexibility index (Phi) is 8.30. The topological polar surface area (TPSA) is 108 Å². The van der Waals surface area contributed by atoms with Gasteiger partial charge in [0.15, 0.2) is 0 Å². The fourth-order valence-electron chi connectivity index (χ4n) is 4.23. The second-order valence-corrected chi connectivity index (χ2v) is 11.6. The lowest BCUT2D eigenvalue weighted by Crippen LogP contribution is -2.53. The van der Waals surface area contributed by atoms with E-state index in [1.807, 2.05) is 68.4 Å². The molecule has 0 radical (unpaired) electrons. The first-order valence-corrected chi connectivity index (χ1v) is 14.0. The molecule has 0 aromatic heterocycles. The molecule has 38 heavy (non-hydrogen) atoms. The molecule has 198 valence electrons. The smallest absolute Gasteiger partial charge is 0.272 e. The predicted octanol–water partition coefficient (Wildman–Crippen LogP) is 3.99. The van der Waals surface area contributed by atoms with E-state index in [-0.39, 0.29) is 17.2 Å². The predicted molar refractivity (Wildman–Crippen MR) is 149 cm³/mol. The summed E-state index contributed by atoms with van der Waals surface area (Å²) < 4.78 is 28.6. The second kappa shape index (κ2) is 11.5. The van der Waals surface area contributed by atoms with E-state index in [2.05, 4.69) is 15.0 Å². The molecule has 1 heterocycles. The molecule has 8 nitrogen and oxygen atoms in total. The number of carbonyl (C=O) groups is 2. The van der Waals surface area contributed by atoms with Gasteiger partial charge < -0.3 is 10.2 Å². The van der Waals surface area contributed by atoms with E-state index < -0.39 is 34.0 Å². The van der Waals surface area contributed by atoms with Crippen molar-refractivity contribution in [2.24, 2.45) is 10.9 Å². The third kappa shape index (κ3) is 6.12. The van der Waals surface area contributed by atoms with Crippen LogP contribution in [0.15, 0.2) is 88.8 Å². The molecule has 3 aromatic carbocycles. The number of sulfonamides is 1. The summed E-state index contributed by atoms with van der Waals surface area (Å²) in [7, 11) is -2.41. The summed E-state index contributed by atoms with van der Waals surface area (Å²) in [5.41, 5.74) is 2.73. The van der Waals surface area contributed by atoms with E-state index in [4.69, 9.17) is 11.6 Å². The van der Waals surface area contributed by atoms with Gasteiger partial charge in [0.2, 0.25) is 22.1 Å². The molecule has 0 spiro atoms. The van der Waals surface area contributed by atoms with Gasteiger partial charge in [-0.1, -0.05) is 74.0 Å². The number of nitrogens with zero attached hydrogens (tertiary/aromatic N) is 2. The Bertz CT molecular complexity index is 1460. The normalized spacial score (nSPS) is 16.4. The van der Waals surface area contributed by atoms with Gasteiger partial charge in [-0.25, -0.2) is 13.4 Å². The number of anilines is 1. The Hall–Kier alpha value is -3.53. The molecule has 2 amide bonds. The Morgan fingerprint density at radius 1 is 1.00 bits per heavy atom. The highest BCUT2D eigenvalue weighted by Crippen LogP contribution is 2.27. The molecule has 0 fully saturated rings. The molecule has 4 rings (SSSR count). The number of rotatable bonds is 8. The fraction of sp³-hybridized carbons (Fsp3) is 0.250. The fourth-order valence-corrected chi connectivity index (χ4v) is 5.56. The third-order valence-electron chi connectivity index (χ3n) is 6.11. The lowest BCUT2D eigenvalue weighted by atomic mass is 10.0. The number of nitrogens with one attached hydrogen (secondary N) is 2. The number of benzodiazepines with no additional fused rings is 1. The molecule has 0 saturated carbocycles. The molecule has 2 N–H and O–H groups in total. The maximum Gasteiger partial charge on any atom is 0.272 e. The van der Waals surface area contributed by atoms with Crippen molar-refractivity contribution in [2.75, 3.05) is 11.9 Å². The van der Waals surface area contributed by atoms with Gasteiger partial charge >= 0.3 is 0 Å². The van der Waals surface area contributed by atoms with Gasteiger partial charge in [0.1, 0.15) is 6.04 Å². The molecule has 1 aliphatic rings. The molecular weight excluding hydrogens is 524 g/mol. The number of hydrogen-bond acceptors (Lipinski definition) is 5. The van der Waals surface area contributed by atoms with Crippen LogP contribution in [0.4, 0.5) is 5.69 Å². The summed E-state index contributed by atoms with van der Waals surface area (Å²) in [4.78, 5) is 33.1. The van der Waals surface area contributed by atoms with Crippen molar-refractivity contribution in [3.05, 3.63) is 95.0 Å². The molecule has 2 atom stereocenters. The summed E-state index contributed by atoms with van der Waals surface area (Å²) in [6.45, 7) is 3.76. The molecule has 3 aromatic rings. The molecule has 1 aliphatic heterocycles. The van der Waals surface area contributed by atoms with Gasteiger partial charge in [-0.3, -0.25) is 9.59 Å². The third-order valence-corrected chi connectivity index (χ3v) is 7.85. The first-order chi connectivity index (χ1) is 18.1. The second-order valence-electron chi connectivity index (χ2n) is 9.43. The Balaban J connectivity index is 1.67. The van der Waals surface area contributed by atoms with E-state index in [0.29, 0.717) is 16.4 Å². The zero-order valence-corrected chi connectivity index (χ0v) is 22.8. The number of carbonyl (C=O) groups excluding carboxylic acids is 2. The summed E-state index contributed by atoms with van der Waals surface area (Å²) >= 11 is 5.90. The summed E-state index contributed by atoms with van der Waals surface area (Å²) in [6, 6.07) is 21.3. The van der Waals surface area contributed by atoms with E-state index in [1.165, 1.54) is 29.2 Å². The average Bonchev–Trinajstić information content (AvgIpc) is 2.99. The minimum Gasteiger partial charge on any atom is -0.325 e. The lowest BCUT2D eigenvalue weighted by molar-refractivity contribution is -0.128. The molecule has 0 saturated heterocycles. The number of amides is 2. The van der Waals surface area contributed by atoms with Crippen molar-refractivity contribution in [3.63, 3.8) is 0 Å². The maximum atomic E-state index is 13.5. The van der Waals surface area contributed by atoms with Gasteiger partial charge in [-0.2, -0.15) is 4.72 Å². The van der Waals surface area contributed by atoms with Gasteiger partial charge in [-0.15, -0.1) is 0 Å². The van der Waals surface area contributed by atoms with Crippen LogP contribution < -0.4 is 14.9 Å². The monoisotopic (exact) mass is 552 g/mol. The number of aliphatic imine (C=N–C) groups is 1. The highest BCUT2D eigenvalue weighted by atomic mass is 35.5. The van der Waals surface area contributed by atoms with Crippen LogP contribution >= 0.6 is 11.6 Å². The molecule has 2 unspecified atom stereocenters. The van der Waals surface area contributed by atoms with Gasteiger partial charge in [0.05, 0.1) is 16.3 Å². The number of halogens is 1. The van der Waals surface area contributed by atoms with Crippen LogP contribution in [-0.2, 0) is 19.6 Å². The maximum absolute atomic E-state index is 13.5. The Morgan fingerprint density at radius 2 is 1.63 bits per heavy atom. The van der Waals surface area contributed by atoms with Crippen molar-refractivity contribution in [3.8, 4) is 0 Å². The SMILES string of the molecule is CC(C)CC(NS(=O)(=O)c1ccc(Cl)cc1)C(=O)NC1N=C(c2ccccc2)c2ccccc2N(C)C1=O. The van der Waals surface area contributed by atoms with Crippen molar-refractivity contribution in [1.82, 2.24) is 10.0 Å². The first kappa shape index (κ1) is 27.5. The largest absolute Gasteiger partial charge is 0.325 e. The summed E-state index contributed by atoms with van der Waals surface area (Å²) in [5.74, 6) is -1.11. The van der Waals surface area contributed by atoms with Crippen LogP contribution in [0, 0.1) is 5.92 Å². The number of hydrogen-bond donors (Lipinski definition) is 2. The van der Waals surface area contributed by atoms with E-state index in [9.17, 15) is 18.0 Å². The van der Waals surface area contributed by atoms with Crippen molar-refractivity contribution in [1.29, 1.82) is 0 Å². The van der Waals surface area contributed by atoms with Gasteiger partial charge in [0.25, 0.3) is 5.91 Å². The standard InChI is InChI=1S/C28H29ClN4O4S/c1-18(2)17-23(32-38(36,37)21-15-13-20(29)14-16-21)27(34)31-26-28(35)33(3)24-12-8-7-11-22(24)25(30-26)19-9-5-4-6-10-19/h4-16,18,23,26,32H,17H2,1-3H3,(H,31,34). The van der Waals surface area contributed by atoms with Crippen LogP contribution in [-0.4, -0.2) is 45.2 Å². The lowest BCUT2D eigenvalue weighted by Gasteiger charge is -2.24. The summed E-state index contributed by atoms with van der Waals surface area (Å²) in [5, 5.41) is 3.09. The Morgan fingerprint density at radius 3 is 2.29 bits per heavy atom. The highest BCUT2D eigenvalue weighted by molar-refractivity contribution is 7.89. The number of benzene rings is 3. The first-order valence-electron chi connectivity index (χ1n) is 12.2. The van der Waals surface area contributed by atoms with Crippen molar-refractivity contribution < 1.29 is 18.0 Å². The number of likely N-dealkylation sites (N-methyl/N-ethyl adjacent to an activating group) is 1. The number of para-hydroxylation sites is 1. The van der Waals surface area contributed by atoms with Gasteiger partial charge in [-0.05, 0) is 42.7 Å². The van der Waals surface area contributed by atoms with E-state index in [1.54, 1.807) is 7.05 Å². The van der Waals surface area contributed by atoms with Crippen molar-refractivity contribution >= 4 is 44.8 Å². The average molecular weight is 553 g/mol. The zero-order chi connectivity index (χ0) is 27.4. The zero-order valence-electron chi connectivity index (χ0n) is 21.3. The van der Waals surface area contributed by atoms with Crippen LogP contribution in [0.2, 0.25) is 5.02 Å². The summed E-state index contributed by atoms with van der Waals surface area (Å²) in [6.07, 6.45) is -1.05. The molecule has 0 bridgehead atoms. The molecule has 0 aliphatic carbocycles. The van der Waals surface area contributed by atoms with Crippen molar-refractivity contribution in [2.45, 2.75) is 37.4 Å². The van der Waals surface area contributed by atoms with E-state index >= 15 is 0 Å². The molecular formula is C28H29ClN4O4S. The van der Waals surface area contributed by atoms with E-state index in [0.717, 1.165) is 11.1 Å². The minimum atomic E-state index is -4.04. The Labute approximate surface area is 227 Å². The number of fused-ring (bicyclic) bond motifs is 1. The van der Waals surface area contributed by atoms with Crippen LogP contribution in [0.5, 0.6) is 0 Å². The van der Waals surface area contributed by atoms with Crippen LogP contribution in [0.25, 0.3) is 0 Å².